The standard InChI is InChI=1S/C17H26N2O/c1-3-9-19-17(20)8-10-18-15-11-14(12-15)16-7-5-4-6-13(16)2/h4-7,14-15,18H,3,8-12H2,1-2H3,(H,19,20). The first-order valence-electron chi connectivity index (χ1n) is 7.76. The summed E-state index contributed by atoms with van der Waals surface area (Å²) in [6, 6.07) is 9.24. The molecule has 0 saturated heterocycles. The van der Waals surface area contributed by atoms with Crippen molar-refractivity contribution < 1.29 is 4.79 Å². The van der Waals surface area contributed by atoms with Crippen LogP contribution in [0.1, 0.15) is 49.7 Å². The molecule has 3 nitrogen and oxygen atoms in total. The van der Waals surface area contributed by atoms with Gasteiger partial charge in [0.2, 0.25) is 5.91 Å². The summed E-state index contributed by atoms with van der Waals surface area (Å²) in [6.07, 6.45) is 3.98. The van der Waals surface area contributed by atoms with Gasteiger partial charge in [0.1, 0.15) is 0 Å². The van der Waals surface area contributed by atoms with Gasteiger partial charge in [-0.25, -0.2) is 0 Å². The Kier molecular flexibility index (Phi) is 5.60. The molecule has 2 rings (SSSR count). The molecule has 1 aromatic carbocycles. The lowest BCUT2D eigenvalue weighted by Gasteiger charge is -2.37. The molecule has 20 heavy (non-hydrogen) atoms. The lowest BCUT2D eigenvalue weighted by atomic mass is 9.74. The van der Waals surface area contributed by atoms with Crippen LogP contribution in [0.2, 0.25) is 0 Å². The van der Waals surface area contributed by atoms with E-state index in [1.807, 2.05) is 0 Å². The Morgan fingerprint density at radius 2 is 2.00 bits per heavy atom. The molecule has 0 aliphatic heterocycles. The molecule has 0 radical (unpaired) electrons. The zero-order valence-electron chi connectivity index (χ0n) is 12.6. The molecule has 0 spiro atoms. The Morgan fingerprint density at radius 1 is 1.25 bits per heavy atom. The molecule has 3 heteroatoms. The maximum atomic E-state index is 11.5. The summed E-state index contributed by atoms with van der Waals surface area (Å²) in [5.41, 5.74) is 2.89. The molecule has 1 aliphatic rings. The zero-order valence-corrected chi connectivity index (χ0v) is 12.6. The summed E-state index contributed by atoms with van der Waals surface area (Å²) in [5.74, 6) is 0.858. The molecular formula is C17H26N2O. The fourth-order valence-electron chi connectivity index (χ4n) is 2.83. The van der Waals surface area contributed by atoms with Crippen molar-refractivity contribution in [2.24, 2.45) is 0 Å². The van der Waals surface area contributed by atoms with E-state index >= 15 is 0 Å². The Bertz CT molecular complexity index is 438. The monoisotopic (exact) mass is 274 g/mol. The Balaban J connectivity index is 1.63. The van der Waals surface area contributed by atoms with Crippen molar-refractivity contribution in [1.29, 1.82) is 0 Å². The van der Waals surface area contributed by atoms with Crippen LogP contribution in [0, 0.1) is 6.92 Å². The molecule has 0 heterocycles. The third-order valence-electron chi connectivity index (χ3n) is 4.12. The number of aryl methyl sites for hydroxylation is 1. The summed E-state index contributed by atoms with van der Waals surface area (Å²) < 4.78 is 0. The van der Waals surface area contributed by atoms with Gasteiger partial charge in [-0.1, -0.05) is 31.2 Å². The van der Waals surface area contributed by atoms with Crippen LogP contribution in [0.25, 0.3) is 0 Å². The largest absolute Gasteiger partial charge is 0.356 e. The van der Waals surface area contributed by atoms with Gasteiger partial charge in [0, 0.05) is 25.6 Å². The molecule has 0 aromatic heterocycles. The molecule has 1 fully saturated rings. The Morgan fingerprint density at radius 3 is 2.70 bits per heavy atom. The van der Waals surface area contributed by atoms with E-state index in [0.717, 1.165) is 19.5 Å². The van der Waals surface area contributed by atoms with E-state index in [9.17, 15) is 4.79 Å². The summed E-state index contributed by atoms with van der Waals surface area (Å²) in [5, 5.41) is 6.39. The number of nitrogens with one attached hydrogen (secondary N) is 2. The fourth-order valence-corrected chi connectivity index (χ4v) is 2.83. The van der Waals surface area contributed by atoms with Crippen molar-refractivity contribution in [2.75, 3.05) is 13.1 Å². The van der Waals surface area contributed by atoms with Gasteiger partial charge in [-0.15, -0.1) is 0 Å². The van der Waals surface area contributed by atoms with Gasteiger partial charge >= 0.3 is 0 Å². The van der Waals surface area contributed by atoms with E-state index in [1.165, 1.54) is 24.0 Å². The van der Waals surface area contributed by atoms with Crippen LogP contribution < -0.4 is 10.6 Å². The average molecular weight is 274 g/mol. The third kappa shape index (κ3) is 4.07. The first kappa shape index (κ1) is 15.0. The molecule has 1 amide bonds. The van der Waals surface area contributed by atoms with E-state index in [0.29, 0.717) is 18.4 Å². The Hall–Kier alpha value is -1.35. The topological polar surface area (TPSA) is 41.1 Å². The highest BCUT2D eigenvalue weighted by molar-refractivity contribution is 5.75. The van der Waals surface area contributed by atoms with Crippen LogP contribution in [-0.2, 0) is 4.79 Å². The van der Waals surface area contributed by atoms with Crippen LogP contribution in [0.5, 0.6) is 0 Å². The minimum atomic E-state index is 0.161. The summed E-state index contributed by atoms with van der Waals surface area (Å²) in [6.45, 7) is 5.84. The smallest absolute Gasteiger partial charge is 0.221 e. The average Bonchev–Trinajstić information content (AvgIpc) is 2.40. The van der Waals surface area contributed by atoms with Gasteiger partial charge in [0.15, 0.2) is 0 Å². The molecular weight excluding hydrogens is 248 g/mol. The molecule has 0 bridgehead atoms. The minimum Gasteiger partial charge on any atom is -0.356 e. The molecule has 1 aromatic rings. The summed E-state index contributed by atoms with van der Waals surface area (Å²) in [7, 11) is 0. The second-order valence-corrected chi connectivity index (χ2v) is 5.78. The van der Waals surface area contributed by atoms with Crippen LogP contribution >= 0.6 is 0 Å². The van der Waals surface area contributed by atoms with E-state index in [1.54, 1.807) is 0 Å². The second-order valence-electron chi connectivity index (χ2n) is 5.78. The number of amides is 1. The van der Waals surface area contributed by atoms with Crippen molar-refractivity contribution >= 4 is 5.91 Å². The number of carbonyl (C=O) groups is 1. The van der Waals surface area contributed by atoms with Crippen molar-refractivity contribution in [3.8, 4) is 0 Å². The highest BCUT2D eigenvalue weighted by atomic mass is 16.1. The molecule has 1 aliphatic carbocycles. The molecule has 0 unspecified atom stereocenters. The number of hydrogen-bond acceptors (Lipinski definition) is 2. The van der Waals surface area contributed by atoms with E-state index < -0.39 is 0 Å². The number of rotatable bonds is 7. The lowest BCUT2D eigenvalue weighted by Crippen LogP contribution is -2.41. The number of benzene rings is 1. The third-order valence-corrected chi connectivity index (χ3v) is 4.12. The quantitative estimate of drug-likeness (QED) is 0.802. The van der Waals surface area contributed by atoms with E-state index in [-0.39, 0.29) is 5.91 Å². The van der Waals surface area contributed by atoms with Crippen LogP contribution in [0.4, 0.5) is 0 Å². The van der Waals surface area contributed by atoms with Gasteiger partial charge in [0.05, 0.1) is 0 Å². The van der Waals surface area contributed by atoms with Gasteiger partial charge in [-0.3, -0.25) is 4.79 Å². The van der Waals surface area contributed by atoms with Crippen molar-refractivity contribution in [2.45, 2.75) is 51.5 Å². The lowest BCUT2D eigenvalue weighted by molar-refractivity contribution is -0.121. The summed E-state index contributed by atoms with van der Waals surface area (Å²) >= 11 is 0. The fraction of sp³-hybridized carbons (Fsp3) is 0.588. The van der Waals surface area contributed by atoms with E-state index in [4.69, 9.17) is 0 Å². The normalized spacial score (nSPS) is 21.3. The van der Waals surface area contributed by atoms with Crippen LogP contribution in [-0.4, -0.2) is 25.0 Å². The predicted molar refractivity (Wildman–Crippen MR) is 82.9 cm³/mol. The van der Waals surface area contributed by atoms with Crippen molar-refractivity contribution in [1.82, 2.24) is 10.6 Å². The Labute approximate surface area is 122 Å². The van der Waals surface area contributed by atoms with Gasteiger partial charge in [0.25, 0.3) is 0 Å². The molecule has 2 N–H and O–H groups in total. The van der Waals surface area contributed by atoms with Gasteiger partial charge in [-0.05, 0) is 43.2 Å². The van der Waals surface area contributed by atoms with Crippen LogP contribution in [0.15, 0.2) is 24.3 Å². The molecule has 0 atom stereocenters. The van der Waals surface area contributed by atoms with Crippen molar-refractivity contribution in [3.05, 3.63) is 35.4 Å². The minimum absolute atomic E-state index is 0.161. The summed E-state index contributed by atoms with van der Waals surface area (Å²) in [4.78, 5) is 11.5. The first-order valence-corrected chi connectivity index (χ1v) is 7.76. The number of hydrogen-bond donors (Lipinski definition) is 2. The highest BCUT2D eigenvalue weighted by Crippen LogP contribution is 2.38. The zero-order chi connectivity index (χ0) is 14.4. The second kappa shape index (κ2) is 7.44. The maximum Gasteiger partial charge on any atom is 0.221 e. The highest BCUT2D eigenvalue weighted by Gasteiger charge is 2.30. The maximum absolute atomic E-state index is 11.5. The first-order chi connectivity index (χ1) is 9.70. The number of carbonyl (C=O) groups excluding carboxylic acids is 1. The predicted octanol–water partition coefficient (Wildman–Crippen LogP) is 2.75. The molecule has 110 valence electrons. The van der Waals surface area contributed by atoms with Crippen molar-refractivity contribution in [3.63, 3.8) is 0 Å². The molecule has 1 saturated carbocycles. The van der Waals surface area contributed by atoms with Gasteiger partial charge in [-0.2, -0.15) is 0 Å². The van der Waals surface area contributed by atoms with Gasteiger partial charge < -0.3 is 10.6 Å². The van der Waals surface area contributed by atoms with E-state index in [2.05, 4.69) is 48.7 Å². The SMILES string of the molecule is CCCNC(=O)CCNC1CC(c2ccccc2C)C1. The van der Waals surface area contributed by atoms with Crippen LogP contribution in [0.3, 0.4) is 0 Å².